The Kier molecular flexibility index (Phi) is 2.82. The molecule has 0 radical (unpaired) electrons. The highest BCUT2D eigenvalue weighted by atomic mass is 16.5. The first kappa shape index (κ1) is 15.6. The molecule has 3 aliphatic carbocycles. The van der Waals surface area contributed by atoms with Gasteiger partial charge in [-0.15, -0.1) is 0 Å². The van der Waals surface area contributed by atoms with Crippen molar-refractivity contribution in [3.8, 4) is 6.07 Å². The lowest BCUT2D eigenvalue weighted by atomic mass is 9.92. The lowest BCUT2D eigenvalue weighted by molar-refractivity contribution is -0.118. The van der Waals surface area contributed by atoms with E-state index in [1.807, 2.05) is 12.1 Å². The molecule has 1 aliphatic heterocycles. The Balaban J connectivity index is 1.27. The number of aromatic nitrogens is 1. The number of nitriles is 1. The topological polar surface area (TPSA) is 75.0 Å². The molecule has 1 amide bonds. The van der Waals surface area contributed by atoms with Crippen LogP contribution >= 0.6 is 0 Å². The number of hydrogen-bond acceptors (Lipinski definition) is 4. The van der Waals surface area contributed by atoms with Gasteiger partial charge in [-0.3, -0.25) is 4.79 Å². The standard InChI is InChI=1S/C22H21N3O2/c23-12-22(11-21(22)3-4-21)16-2-1-14-10-24-18(8-15(14)7-16)25-19(26)17-9-20(17)5-6-27-13-20/h1-2,7-8,10,17H,3-6,9,11,13H2,(H,24,25,26)/t17?,20?,22-/m0/s1. The van der Waals surface area contributed by atoms with Gasteiger partial charge in [-0.05, 0) is 60.6 Å². The summed E-state index contributed by atoms with van der Waals surface area (Å²) in [7, 11) is 0. The van der Waals surface area contributed by atoms with Crippen molar-refractivity contribution in [2.45, 2.75) is 37.5 Å². The van der Waals surface area contributed by atoms with Gasteiger partial charge < -0.3 is 10.1 Å². The van der Waals surface area contributed by atoms with E-state index in [4.69, 9.17) is 4.74 Å². The van der Waals surface area contributed by atoms with E-state index in [1.54, 1.807) is 6.20 Å². The van der Waals surface area contributed by atoms with Crippen LogP contribution in [0.25, 0.3) is 10.8 Å². The largest absolute Gasteiger partial charge is 0.381 e. The van der Waals surface area contributed by atoms with Gasteiger partial charge in [-0.2, -0.15) is 5.26 Å². The summed E-state index contributed by atoms with van der Waals surface area (Å²) < 4.78 is 5.47. The van der Waals surface area contributed by atoms with E-state index >= 15 is 0 Å². The van der Waals surface area contributed by atoms with Crippen LogP contribution in [0, 0.1) is 28.1 Å². The van der Waals surface area contributed by atoms with Crippen molar-refractivity contribution in [3.05, 3.63) is 36.0 Å². The maximum Gasteiger partial charge on any atom is 0.229 e. The normalized spacial score (nSPS) is 34.6. The number of fused-ring (bicyclic) bond motifs is 1. The maximum atomic E-state index is 12.6. The number of hydrogen-bond donors (Lipinski definition) is 1. The van der Waals surface area contributed by atoms with Crippen molar-refractivity contribution >= 4 is 22.5 Å². The molecule has 136 valence electrons. The number of carbonyl (C=O) groups excluding carboxylic acids is 1. The summed E-state index contributed by atoms with van der Waals surface area (Å²) in [6.07, 6.45) is 7.03. The van der Waals surface area contributed by atoms with Gasteiger partial charge in [-0.25, -0.2) is 4.98 Å². The van der Waals surface area contributed by atoms with Gasteiger partial charge in [0.1, 0.15) is 5.82 Å². The minimum absolute atomic E-state index is 0.0480. The molecule has 1 N–H and O–H groups in total. The number of nitrogens with zero attached hydrogens (tertiary/aromatic N) is 2. The lowest BCUT2D eigenvalue weighted by Gasteiger charge is -2.11. The van der Waals surface area contributed by atoms with Crippen LogP contribution in [0.2, 0.25) is 0 Å². The number of anilines is 1. The first-order valence-electron chi connectivity index (χ1n) is 9.80. The van der Waals surface area contributed by atoms with Crippen LogP contribution in [0.5, 0.6) is 0 Å². The van der Waals surface area contributed by atoms with E-state index in [0.717, 1.165) is 42.2 Å². The summed E-state index contributed by atoms with van der Waals surface area (Å²) in [4.78, 5) is 17.0. The van der Waals surface area contributed by atoms with Gasteiger partial charge in [0, 0.05) is 29.5 Å². The van der Waals surface area contributed by atoms with E-state index in [9.17, 15) is 10.1 Å². The summed E-state index contributed by atoms with van der Waals surface area (Å²) >= 11 is 0. The highest BCUT2D eigenvalue weighted by molar-refractivity contribution is 5.96. The van der Waals surface area contributed by atoms with Crippen molar-refractivity contribution in [1.82, 2.24) is 4.98 Å². The van der Waals surface area contributed by atoms with Gasteiger partial charge in [0.25, 0.3) is 0 Å². The first-order valence-corrected chi connectivity index (χ1v) is 9.80. The third-order valence-corrected chi connectivity index (χ3v) is 7.53. The van der Waals surface area contributed by atoms with Crippen LogP contribution in [0.4, 0.5) is 5.82 Å². The number of pyridine rings is 1. The highest BCUT2D eigenvalue weighted by Crippen LogP contribution is 2.78. The third-order valence-electron chi connectivity index (χ3n) is 7.53. The molecule has 1 aromatic heterocycles. The number of rotatable bonds is 3. The zero-order valence-electron chi connectivity index (χ0n) is 15.1. The molecule has 2 spiro atoms. The van der Waals surface area contributed by atoms with Crippen LogP contribution in [-0.2, 0) is 14.9 Å². The fourth-order valence-electron chi connectivity index (χ4n) is 5.31. The molecule has 1 aromatic carbocycles. The van der Waals surface area contributed by atoms with Gasteiger partial charge >= 0.3 is 0 Å². The minimum atomic E-state index is -0.295. The molecule has 5 heteroatoms. The Labute approximate surface area is 157 Å². The predicted molar refractivity (Wildman–Crippen MR) is 99.9 cm³/mol. The first-order chi connectivity index (χ1) is 13.1. The summed E-state index contributed by atoms with van der Waals surface area (Å²) in [6, 6.07) is 10.8. The number of amides is 1. The molecule has 6 rings (SSSR count). The molecule has 4 fully saturated rings. The quantitative estimate of drug-likeness (QED) is 0.909. The number of nitrogens with one attached hydrogen (secondary N) is 1. The third kappa shape index (κ3) is 2.08. The molecule has 5 nitrogen and oxygen atoms in total. The molecule has 3 atom stereocenters. The summed E-state index contributed by atoms with van der Waals surface area (Å²) in [5.41, 5.74) is 1.15. The fraction of sp³-hybridized carbons (Fsp3) is 0.500. The lowest BCUT2D eigenvalue weighted by Crippen LogP contribution is -2.19. The van der Waals surface area contributed by atoms with Gasteiger partial charge in [0.2, 0.25) is 5.91 Å². The van der Waals surface area contributed by atoms with E-state index in [-0.39, 0.29) is 28.1 Å². The highest BCUT2D eigenvalue weighted by Gasteiger charge is 2.75. The molecular weight excluding hydrogens is 338 g/mol. The van der Waals surface area contributed by atoms with Gasteiger partial charge in [-0.1, -0.05) is 12.1 Å². The Morgan fingerprint density at radius 2 is 2.15 bits per heavy atom. The van der Waals surface area contributed by atoms with E-state index in [0.29, 0.717) is 12.4 Å². The molecule has 1 saturated heterocycles. The SMILES string of the molecule is N#C[C@]1(c2ccc3cnc(NC(=O)C4CC45CCOC5)cc3c2)CC12CC2. The van der Waals surface area contributed by atoms with Crippen LogP contribution < -0.4 is 5.32 Å². The van der Waals surface area contributed by atoms with Crippen molar-refractivity contribution in [3.63, 3.8) is 0 Å². The van der Waals surface area contributed by atoms with Crippen LogP contribution in [0.1, 0.15) is 37.7 Å². The predicted octanol–water partition coefficient (Wildman–Crippen LogP) is 3.55. The van der Waals surface area contributed by atoms with Crippen molar-refractivity contribution in [1.29, 1.82) is 5.26 Å². The molecule has 0 bridgehead atoms. The van der Waals surface area contributed by atoms with Crippen LogP contribution in [0.15, 0.2) is 30.5 Å². The Morgan fingerprint density at radius 1 is 1.26 bits per heavy atom. The Bertz CT molecular complexity index is 1030. The fourth-order valence-corrected chi connectivity index (χ4v) is 5.31. The summed E-state index contributed by atoms with van der Waals surface area (Å²) in [5, 5.41) is 14.8. The number of ether oxygens (including phenoxy) is 1. The zero-order chi connectivity index (χ0) is 18.3. The Hall–Kier alpha value is -2.45. The van der Waals surface area contributed by atoms with Crippen LogP contribution in [-0.4, -0.2) is 24.1 Å². The zero-order valence-corrected chi connectivity index (χ0v) is 15.1. The molecule has 2 aromatic rings. The monoisotopic (exact) mass is 359 g/mol. The number of benzene rings is 1. The molecule has 3 saturated carbocycles. The smallest absolute Gasteiger partial charge is 0.229 e. The molecule has 27 heavy (non-hydrogen) atoms. The second-order valence-electron chi connectivity index (χ2n) is 9.02. The molecular formula is C22H21N3O2. The number of carbonyl (C=O) groups is 1. The van der Waals surface area contributed by atoms with Crippen molar-refractivity contribution < 1.29 is 9.53 Å². The molecule has 4 aliphatic rings. The van der Waals surface area contributed by atoms with Gasteiger partial charge in [0.05, 0.1) is 18.1 Å². The van der Waals surface area contributed by atoms with E-state index < -0.39 is 0 Å². The van der Waals surface area contributed by atoms with Crippen molar-refractivity contribution in [2.24, 2.45) is 16.7 Å². The summed E-state index contributed by atoms with van der Waals surface area (Å²) in [6.45, 7) is 1.47. The van der Waals surface area contributed by atoms with Gasteiger partial charge in [0.15, 0.2) is 0 Å². The minimum Gasteiger partial charge on any atom is -0.381 e. The molecule has 2 unspecified atom stereocenters. The maximum absolute atomic E-state index is 12.6. The van der Waals surface area contributed by atoms with E-state index in [1.165, 1.54) is 12.8 Å². The second-order valence-corrected chi connectivity index (χ2v) is 9.02. The van der Waals surface area contributed by atoms with Crippen LogP contribution in [0.3, 0.4) is 0 Å². The summed E-state index contributed by atoms with van der Waals surface area (Å²) in [5.74, 6) is 0.691. The molecule has 2 heterocycles. The van der Waals surface area contributed by atoms with E-state index in [2.05, 4.69) is 28.5 Å². The second kappa shape index (κ2) is 4.88. The van der Waals surface area contributed by atoms with Crippen molar-refractivity contribution in [2.75, 3.05) is 18.5 Å². The Morgan fingerprint density at radius 3 is 2.85 bits per heavy atom. The average Bonchev–Trinajstić information content (AvgIpc) is 3.61. The average molecular weight is 359 g/mol.